The Morgan fingerprint density at radius 3 is 2.59 bits per heavy atom. The Labute approximate surface area is 168 Å². The summed E-state index contributed by atoms with van der Waals surface area (Å²) < 4.78 is 13.2. The first-order chi connectivity index (χ1) is 14.0. The van der Waals surface area contributed by atoms with Crippen molar-refractivity contribution < 1.29 is 14.3 Å². The first-order valence-electron chi connectivity index (χ1n) is 9.33. The highest BCUT2D eigenvalue weighted by atomic mass is 16.6. The maximum absolute atomic E-state index is 12.9. The fourth-order valence-electron chi connectivity index (χ4n) is 3.25. The minimum atomic E-state index is -0.456. The summed E-state index contributed by atoms with van der Waals surface area (Å²) >= 11 is 0. The highest BCUT2D eigenvalue weighted by Crippen LogP contribution is 2.31. The summed E-state index contributed by atoms with van der Waals surface area (Å²) in [7, 11) is 1.63. The van der Waals surface area contributed by atoms with E-state index < -0.39 is 11.3 Å². The average Bonchev–Trinajstić information content (AvgIpc) is 2.74. The summed E-state index contributed by atoms with van der Waals surface area (Å²) in [4.78, 5) is 26.8. The third-order valence-electron chi connectivity index (χ3n) is 4.70. The average molecular weight is 391 g/mol. The van der Waals surface area contributed by atoms with Gasteiger partial charge in [-0.05, 0) is 31.2 Å². The molecule has 4 rings (SSSR count). The van der Waals surface area contributed by atoms with Crippen LogP contribution in [0.1, 0.15) is 16.2 Å². The van der Waals surface area contributed by atoms with Gasteiger partial charge in [-0.3, -0.25) is 9.59 Å². The normalized spacial score (nSPS) is 15.0. The van der Waals surface area contributed by atoms with Crippen LogP contribution in [-0.2, 0) is 0 Å². The molecule has 0 bridgehead atoms. The Hall–Kier alpha value is -3.61. The molecule has 148 valence electrons. The molecule has 3 aromatic rings. The second-order valence-corrected chi connectivity index (χ2v) is 6.93. The molecule has 1 unspecified atom stereocenters. The number of likely N-dealkylation sites (N-methyl/N-ethyl adjacent to an activating group) is 1. The number of aryl methyl sites for hydroxylation is 1. The van der Waals surface area contributed by atoms with E-state index in [2.05, 4.69) is 5.10 Å². The second-order valence-electron chi connectivity index (χ2n) is 6.93. The minimum Gasteiger partial charge on any atom is -0.486 e. The fraction of sp³-hybridized carbons (Fsp3) is 0.227. The van der Waals surface area contributed by atoms with Crippen molar-refractivity contribution in [2.75, 3.05) is 20.2 Å². The van der Waals surface area contributed by atoms with Gasteiger partial charge in [0.05, 0.1) is 12.2 Å². The molecular weight excluding hydrogens is 370 g/mol. The SMILES string of the molecule is Cc1cc(=O)c(C(=O)N(C)CC2COc3ccccc3O2)nn1-c1ccccc1. The van der Waals surface area contributed by atoms with Crippen molar-refractivity contribution in [2.45, 2.75) is 13.0 Å². The number of aromatic nitrogens is 2. The topological polar surface area (TPSA) is 73.7 Å². The smallest absolute Gasteiger partial charge is 0.278 e. The molecule has 2 aromatic carbocycles. The highest BCUT2D eigenvalue weighted by Gasteiger charge is 2.26. The first kappa shape index (κ1) is 18.7. The number of hydrogen-bond donors (Lipinski definition) is 0. The standard InChI is InChI=1S/C22H21N3O4/c1-15-12-18(26)21(23-25(15)16-8-4-3-5-9-16)22(27)24(2)13-17-14-28-19-10-6-7-11-20(19)29-17/h3-12,17H,13-14H2,1-2H3. The van der Waals surface area contributed by atoms with Gasteiger partial charge in [-0.25, -0.2) is 4.68 Å². The molecule has 0 spiro atoms. The molecule has 1 aliphatic heterocycles. The molecule has 1 aliphatic rings. The van der Waals surface area contributed by atoms with E-state index in [0.29, 0.717) is 23.8 Å². The first-order valence-corrected chi connectivity index (χ1v) is 9.33. The number of ether oxygens (including phenoxy) is 2. The molecule has 1 aromatic heterocycles. The lowest BCUT2D eigenvalue weighted by atomic mass is 10.2. The highest BCUT2D eigenvalue weighted by molar-refractivity contribution is 5.92. The van der Waals surface area contributed by atoms with Gasteiger partial charge in [0, 0.05) is 18.8 Å². The van der Waals surface area contributed by atoms with Crippen LogP contribution >= 0.6 is 0 Å². The van der Waals surface area contributed by atoms with E-state index in [1.165, 1.54) is 11.0 Å². The van der Waals surface area contributed by atoms with Gasteiger partial charge >= 0.3 is 0 Å². The second kappa shape index (κ2) is 7.79. The van der Waals surface area contributed by atoms with E-state index in [9.17, 15) is 9.59 Å². The quantitative estimate of drug-likeness (QED) is 0.683. The Bertz CT molecular complexity index is 1090. The van der Waals surface area contributed by atoms with E-state index in [4.69, 9.17) is 9.47 Å². The van der Waals surface area contributed by atoms with Gasteiger partial charge in [0.15, 0.2) is 23.3 Å². The van der Waals surface area contributed by atoms with E-state index in [0.717, 1.165) is 5.69 Å². The number of benzene rings is 2. The van der Waals surface area contributed by atoms with Crippen molar-refractivity contribution in [3.05, 3.63) is 82.3 Å². The van der Waals surface area contributed by atoms with Gasteiger partial charge in [0.25, 0.3) is 5.91 Å². The molecule has 0 fully saturated rings. The van der Waals surface area contributed by atoms with Crippen molar-refractivity contribution in [3.8, 4) is 17.2 Å². The number of carbonyl (C=O) groups excluding carboxylic acids is 1. The number of carbonyl (C=O) groups is 1. The summed E-state index contributed by atoms with van der Waals surface area (Å²) in [5.41, 5.74) is 0.903. The van der Waals surface area contributed by atoms with Gasteiger partial charge in [-0.1, -0.05) is 30.3 Å². The molecule has 1 amide bonds. The molecule has 7 nitrogen and oxygen atoms in total. The number of nitrogens with zero attached hydrogens (tertiary/aromatic N) is 3. The largest absolute Gasteiger partial charge is 0.486 e. The van der Waals surface area contributed by atoms with Crippen LogP contribution < -0.4 is 14.9 Å². The van der Waals surface area contributed by atoms with Gasteiger partial charge in [0.2, 0.25) is 5.43 Å². The van der Waals surface area contributed by atoms with E-state index in [1.54, 1.807) is 18.7 Å². The van der Waals surface area contributed by atoms with Crippen LogP contribution in [0.15, 0.2) is 65.5 Å². The van der Waals surface area contributed by atoms with Crippen LogP contribution in [0.25, 0.3) is 5.69 Å². The Morgan fingerprint density at radius 1 is 1.14 bits per heavy atom. The Morgan fingerprint density at radius 2 is 1.83 bits per heavy atom. The van der Waals surface area contributed by atoms with Crippen LogP contribution in [0.4, 0.5) is 0 Å². The Kier molecular flexibility index (Phi) is 5.03. The zero-order chi connectivity index (χ0) is 20.4. The predicted molar refractivity (Wildman–Crippen MR) is 108 cm³/mol. The predicted octanol–water partition coefficient (Wildman–Crippen LogP) is 2.45. The summed E-state index contributed by atoms with van der Waals surface area (Å²) in [5.74, 6) is 0.871. The molecule has 2 heterocycles. The third-order valence-corrected chi connectivity index (χ3v) is 4.70. The van der Waals surface area contributed by atoms with Gasteiger partial charge < -0.3 is 14.4 Å². The van der Waals surface area contributed by atoms with Crippen molar-refractivity contribution in [3.63, 3.8) is 0 Å². The summed E-state index contributed by atoms with van der Waals surface area (Å²) in [5, 5.41) is 4.33. The molecule has 0 saturated heterocycles. The maximum atomic E-state index is 12.9. The lowest BCUT2D eigenvalue weighted by molar-refractivity contribution is 0.0515. The summed E-state index contributed by atoms with van der Waals surface area (Å²) in [6, 6.07) is 18.2. The molecule has 7 heteroatoms. The molecule has 0 radical (unpaired) electrons. The molecule has 0 saturated carbocycles. The monoisotopic (exact) mass is 391 g/mol. The number of rotatable bonds is 4. The fourth-order valence-corrected chi connectivity index (χ4v) is 3.25. The number of fused-ring (bicyclic) bond motifs is 1. The number of amides is 1. The van der Waals surface area contributed by atoms with E-state index in [1.807, 2.05) is 54.6 Å². The zero-order valence-electron chi connectivity index (χ0n) is 16.2. The lowest BCUT2D eigenvalue weighted by Gasteiger charge is -2.29. The van der Waals surface area contributed by atoms with Crippen LogP contribution in [0.5, 0.6) is 11.5 Å². The van der Waals surface area contributed by atoms with E-state index in [-0.39, 0.29) is 18.3 Å². The molecular formula is C22H21N3O4. The van der Waals surface area contributed by atoms with Gasteiger partial charge in [0.1, 0.15) is 6.61 Å². The van der Waals surface area contributed by atoms with E-state index >= 15 is 0 Å². The van der Waals surface area contributed by atoms with Crippen LogP contribution in [-0.4, -0.2) is 46.9 Å². The molecule has 0 N–H and O–H groups in total. The van der Waals surface area contributed by atoms with Crippen molar-refractivity contribution in [1.29, 1.82) is 0 Å². The molecule has 0 aliphatic carbocycles. The van der Waals surface area contributed by atoms with Crippen molar-refractivity contribution in [2.24, 2.45) is 0 Å². The third kappa shape index (κ3) is 3.85. The lowest BCUT2D eigenvalue weighted by Crippen LogP contribution is -2.43. The zero-order valence-corrected chi connectivity index (χ0v) is 16.2. The Balaban J connectivity index is 1.54. The molecule has 1 atom stereocenters. The van der Waals surface area contributed by atoms with Gasteiger partial charge in [-0.15, -0.1) is 0 Å². The van der Waals surface area contributed by atoms with Crippen LogP contribution in [0.2, 0.25) is 0 Å². The maximum Gasteiger partial charge on any atom is 0.278 e. The van der Waals surface area contributed by atoms with Crippen molar-refractivity contribution >= 4 is 5.91 Å². The van der Waals surface area contributed by atoms with Crippen LogP contribution in [0, 0.1) is 6.92 Å². The van der Waals surface area contributed by atoms with Crippen molar-refractivity contribution in [1.82, 2.24) is 14.7 Å². The number of hydrogen-bond acceptors (Lipinski definition) is 5. The van der Waals surface area contributed by atoms with Gasteiger partial charge in [-0.2, -0.15) is 5.10 Å². The number of para-hydroxylation sites is 3. The minimum absolute atomic E-state index is 0.126. The van der Waals surface area contributed by atoms with Crippen LogP contribution in [0.3, 0.4) is 0 Å². The summed E-state index contributed by atoms with van der Waals surface area (Å²) in [6.45, 7) is 2.38. The summed E-state index contributed by atoms with van der Waals surface area (Å²) in [6.07, 6.45) is -0.333. The molecule has 29 heavy (non-hydrogen) atoms.